The molecule has 332 valence electrons. The molecule has 63 heavy (non-hydrogen) atoms. The Morgan fingerprint density at radius 3 is 1.41 bits per heavy atom. The topological polar surface area (TPSA) is 255 Å². The van der Waals surface area contributed by atoms with Crippen LogP contribution in [-0.4, -0.2) is 76.0 Å². The van der Waals surface area contributed by atoms with Crippen molar-refractivity contribution in [3.05, 3.63) is 138 Å². The first-order valence-electron chi connectivity index (χ1n) is 19.7. The van der Waals surface area contributed by atoms with Crippen LogP contribution in [0.2, 0.25) is 0 Å². The number of nitrogen functional groups attached to an aromatic ring is 3. The molecule has 0 saturated heterocycles. The molecule has 2 heterocycles. The van der Waals surface area contributed by atoms with Crippen molar-refractivity contribution in [1.29, 1.82) is 0 Å². The van der Waals surface area contributed by atoms with Crippen LogP contribution in [0.5, 0.6) is 11.5 Å². The Hall–Kier alpha value is -6.44. The number of ether oxygens (including phenoxy) is 2. The zero-order chi connectivity index (χ0) is 46.2. The molecule has 0 aliphatic heterocycles. The van der Waals surface area contributed by atoms with Gasteiger partial charge < -0.3 is 40.8 Å². The number of carbonyl (C=O) groups is 2. The third kappa shape index (κ3) is 16.1. The highest BCUT2D eigenvalue weighted by Crippen LogP contribution is 2.43. The van der Waals surface area contributed by atoms with Crippen molar-refractivity contribution < 1.29 is 42.3 Å². The lowest BCUT2D eigenvalue weighted by Crippen LogP contribution is -2.11. The number of aromatic carboxylic acids is 1. The third-order valence-corrected chi connectivity index (χ3v) is 11.5. The van der Waals surface area contributed by atoms with Gasteiger partial charge >= 0.3 is 5.97 Å². The highest BCUT2D eigenvalue weighted by atomic mass is 31.2. The Morgan fingerprint density at radius 2 is 1.00 bits per heavy atom. The third-order valence-electron chi connectivity index (χ3n) is 8.67. The molecule has 2 atom stereocenters. The molecular weight excluding hydrogens is 844 g/mol. The van der Waals surface area contributed by atoms with Crippen LogP contribution in [0.1, 0.15) is 51.5 Å². The van der Waals surface area contributed by atoms with E-state index in [-0.39, 0.29) is 47.9 Å². The number of hydrogen-bond acceptors (Lipinski definition) is 15. The van der Waals surface area contributed by atoms with Crippen LogP contribution in [0.4, 0.5) is 17.3 Å². The molecule has 2 aromatic heterocycles. The quantitative estimate of drug-likeness (QED) is 0.0401. The predicted molar refractivity (Wildman–Crippen MR) is 247 cm³/mol. The molecule has 0 spiro atoms. The monoisotopic (exact) mass is 897 g/mol. The number of hydrogen-bond donors (Lipinski definition) is 4. The van der Waals surface area contributed by atoms with E-state index in [2.05, 4.69) is 19.9 Å². The van der Waals surface area contributed by atoms with Crippen LogP contribution >= 0.6 is 14.7 Å². The summed E-state index contributed by atoms with van der Waals surface area (Å²) in [6.07, 6.45) is 3.24. The van der Waals surface area contributed by atoms with Gasteiger partial charge in [0.2, 0.25) is 14.7 Å². The minimum absolute atomic E-state index is 0.00293. The number of carboxylic acids is 1. The lowest BCUT2D eigenvalue weighted by molar-refractivity contribution is 0.0691. The maximum Gasteiger partial charge on any atom is 0.358 e. The molecule has 16 nitrogen and oxygen atoms in total. The molecule has 18 heteroatoms. The number of carboxylic acid groups (broad SMARTS) is 1. The van der Waals surface area contributed by atoms with Gasteiger partial charge in [0.05, 0.1) is 37.0 Å². The second-order valence-electron chi connectivity index (χ2n) is 14.2. The Kier molecular flexibility index (Phi) is 18.1. The van der Waals surface area contributed by atoms with Gasteiger partial charge in [0.15, 0.2) is 35.8 Å². The molecule has 6 aromatic rings. The van der Waals surface area contributed by atoms with E-state index in [1.54, 1.807) is 81.9 Å². The van der Waals surface area contributed by atoms with E-state index in [0.29, 0.717) is 41.8 Å². The molecule has 0 saturated carbocycles. The first-order valence-corrected chi connectivity index (χ1v) is 24.2. The van der Waals surface area contributed by atoms with Gasteiger partial charge in [-0.1, -0.05) is 71.8 Å². The van der Waals surface area contributed by atoms with E-state index in [1.165, 1.54) is 6.20 Å². The normalized spacial score (nSPS) is 12.5. The second kappa shape index (κ2) is 23.1. The number of nitrogens with zero attached hydrogens (tertiary/aromatic N) is 4. The maximum atomic E-state index is 12.8. The Balaban J connectivity index is 0.000000229. The molecule has 0 amide bonds. The molecular formula is C45H53N7O9P2. The summed E-state index contributed by atoms with van der Waals surface area (Å²) in [5.41, 5.74) is 23.3. The van der Waals surface area contributed by atoms with Crippen molar-refractivity contribution in [3.8, 4) is 34.0 Å². The van der Waals surface area contributed by atoms with Crippen molar-refractivity contribution in [2.24, 2.45) is 0 Å². The molecule has 0 bridgehead atoms. The Morgan fingerprint density at radius 1 is 0.603 bits per heavy atom. The summed E-state index contributed by atoms with van der Waals surface area (Å²) in [7, 11) is -5.40. The smallest absolute Gasteiger partial charge is 0.358 e. The number of ketones is 1. The van der Waals surface area contributed by atoms with E-state index in [1.807, 2.05) is 62.4 Å². The minimum Gasteiger partial charge on any atom is -0.484 e. The van der Waals surface area contributed by atoms with Crippen LogP contribution in [-0.2, 0) is 24.6 Å². The van der Waals surface area contributed by atoms with Crippen LogP contribution in [0.25, 0.3) is 22.5 Å². The molecule has 0 aliphatic carbocycles. The van der Waals surface area contributed by atoms with Crippen molar-refractivity contribution in [3.63, 3.8) is 0 Å². The van der Waals surface area contributed by atoms with Gasteiger partial charge in [-0.05, 0) is 69.7 Å². The predicted octanol–water partition coefficient (Wildman–Crippen LogP) is 9.02. The van der Waals surface area contributed by atoms with Crippen LogP contribution in [0.15, 0.2) is 109 Å². The van der Waals surface area contributed by atoms with E-state index in [0.717, 1.165) is 27.8 Å². The number of Topliss-reactive ketones (excluding diaryl/α,β-unsaturated/α-hetero) is 1. The highest BCUT2D eigenvalue weighted by molar-refractivity contribution is 7.58. The molecule has 7 N–H and O–H groups in total. The lowest BCUT2D eigenvalue weighted by atomic mass is 10.1. The van der Waals surface area contributed by atoms with Crippen molar-refractivity contribution in [1.82, 2.24) is 19.9 Å². The number of nitrogens with two attached hydrogens (primary N) is 3. The SMILES string of the molecule is CCOP(C)(=O)COc1ccc(CC(=O)c2nc(-c3ccc(C)cc3)cnc2N)cc1.CCOP(C)(=O)COc1ccc(N)cc1.Cc1ccc(-c2cnc(N)c(C(=O)O)n2)cc1. The Labute approximate surface area is 367 Å². The molecule has 0 aliphatic rings. The highest BCUT2D eigenvalue weighted by Gasteiger charge is 2.19. The maximum absolute atomic E-state index is 12.8. The fourth-order valence-electron chi connectivity index (χ4n) is 5.43. The zero-order valence-electron chi connectivity index (χ0n) is 36.1. The number of aromatic nitrogens is 4. The summed E-state index contributed by atoms with van der Waals surface area (Å²) in [5, 5.41) is 8.90. The molecule has 4 aromatic carbocycles. The average molecular weight is 898 g/mol. The minimum atomic E-state index is -2.78. The van der Waals surface area contributed by atoms with Crippen molar-refractivity contribution in [2.75, 3.05) is 56.4 Å². The van der Waals surface area contributed by atoms with Gasteiger partial charge in [0.1, 0.15) is 17.2 Å². The van der Waals surface area contributed by atoms with Gasteiger partial charge in [-0.15, -0.1) is 0 Å². The summed E-state index contributed by atoms with van der Waals surface area (Å²) in [6.45, 7) is 11.5. The van der Waals surface area contributed by atoms with Gasteiger partial charge in [0, 0.05) is 36.6 Å². The van der Waals surface area contributed by atoms with E-state index < -0.39 is 20.7 Å². The van der Waals surface area contributed by atoms with Gasteiger partial charge in [-0.3, -0.25) is 13.9 Å². The fraction of sp³-hybridized carbons (Fsp3) is 0.244. The van der Waals surface area contributed by atoms with Crippen molar-refractivity contribution in [2.45, 2.75) is 34.1 Å². The largest absolute Gasteiger partial charge is 0.484 e. The van der Waals surface area contributed by atoms with Gasteiger partial charge in [-0.2, -0.15) is 0 Å². The van der Waals surface area contributed by atoms with E-state index in [9.17, 15) is 18.7 Å². The lowest BCUT2D eigenvalue weighted by Gasteiger charge is -2.14. The summed E-state index contributed by atoms with van der Waals surface area (Å²) in [4.78, 5) is 40.1. The number of carbonyl (C=O) groups excluding carboxylic acids is 1. The second-order valence-corrected chi connectivity index (χ2v) is 19.3. The summed E-state index contributed by atoms with van der Waals surface area (Å²) < 4.78 is 45.0. The summed E-state index contributed by atoms with van der Waals surface area (Å²) in [5.74, 6) is -0.167. The first kappa shape index (κ1) is 49.2. The van der Waals surface area contributed by atoms with Crippen LogP contribution < -0.4 is 26.7 Å². The zero-order valence-corrected chi connectivity index (χ0v) is 37.8. The summed E-state index contributed by atoms with van der Waals surface area (Å²) in [6, 6.07) is 29.4. The van der Waals surface area contributed by atoms with Crippen LogP contribution in [0, 0.1) is 13.8 Å². The molecule has 0 radical (unpaired) electrons. The fourth-order valence-corrected chi connectivity index (χ4v) is 7.44. The van der Waals surface area contributed by atoms with Crippen LogP contribution in [0.3, 0.4) is 0 Å². The standard InChI is InChI=1S/C23H26N3O4P.C12H11N3O2.C10H16NO3P/c1-4-30-31(3,28)15-29-19-11-7-17(8-12-19)13-21(27)22-23(24)25-14-20(26-22)18-9-5-16(2)6-10-18;1-7-2-4-8(5-3-7)9-6-14-11(13)10(15-9)12(16)17;1-3-14-15(2,12)8-13-10-6-4-9(11)5-7-10/h5-12,14H,4,13,15H2,1-3H3,(H2,24,25);2-6H,1H3,(H2,13,14)(H,16,17);4-7H,3,8,11H2,1-2H3. The van der Waals surface area contributed by atoms with Crippen molar-refractivity contribution >= 4 is 43.8 Å². The Bertz CT molecular complexity index is 2540. The average Bonchev–Trinajstić information content (AvgIpc) is 3.24. The number of benzene rings is 4. The van der Waals surface area contributed by atoms with E-state index >= 15 is 0 Å². The molecule has 6 rings (SSSR count). The number of rotatable bonds is 16. The van der Waals surface area contributed by atoms with Gasteiger partial charge in [0.25, 0.3) is 0 Å². The molecule has 0 fully saturated rings. The van der Waals surface area contributed by atoms with E-state index in [4.69, 9.17) is 40.8 Å². The first-order chi connectivity index (χ1) is 29.9. The number of aryl methyl sites for hydroxylation is 2. The summed E-state index contributed by atoms with van der Waals surface area (Å²) >= 11 is 0. The van der Waals surface area contributed by atoms with Gasteiger partial charge in [-0.25, -0.2) is 24.7 Å². The molecule has 2 unspecified atom stereocenters. The number of anilines is 3.